The first-order chi connectivity index (χ1) is 20.5. The number of benzene rings is 2. The van der Waals surface area contributed by atoms with Gasteiger partial charge in [-0.2, -0.15) is 0 Å². The van der Waals surface area contributed by atoms with Crippen LogP contribution < -0.4 is 4.72 Å². The molecule has 33 heavy (non-hydrogen) atoms. The number of H-pyrrole nitrogens is 1. The van der Waals surface area contributed by atoms with Crippen molar-refractivity contribution < 1.29 is 38.4 Å². The Morgan fingerprint density at radius 2 is 2.03 bits per heavy atom. The molecule has 2 aromatic carbocycles. The average molecular weight is 502 g/mol. The Morgan fingerprint density at radius 1 is 1.27 bits per heavy atom. The highest BCUT2D eigenvalue weighted by Gasteiger charge is 2.26. The predicted octanol–water partition coefficient (Wildman–Crippen LogP) is 5.54. The molecule has 0 saturated heterocycles. The molecule has 170 valence electrons. The third kappa shape index (κ3) is 4.60. The Balaban J connectivity index is 1.95. The Bertz CT molecular complexity index is 2000. The summed E-state index contributed by atoms with van der Waals surface area (Å²) in [6, 6.07) is 1.96. The molecule has 0 aliphatic carbocycles. The number of aromatic nitrogens is 2. The second kappa shape index (κ2) is 8.92. The molecule has 10 heteroatoms. The molecule has 4 aromatic rings. The molecule has 0 atom stereocenters. The van der Waals surface area contributed by atoms with Crippen LogP contribution in [0.1, 0.15) is 45.6 Å². The lowest BCUT2D eigenvalue weighted by Gasteiger charge is -2.11. The fraction of sp³-hybridized carbons (Fsp3) is 0.130. The van der Waals surface area contributed by atoms with E-state index in [9.17, 15) is 13.2 Å². The van der Waals surface area contributed by atoms with E-state index in [-0.39, 0.29) is 16.8 Å². The summed E-state index contributed by atoms with van der Waals surface area (Å²) < 4.78 is 151. The maximum absolute atomic E-state index is 15.8. The molecule has 2 heterocycles. The molecule has 0 fully saturated rings. The number of ketones is 1. The van der Waals surface area contributed by atoms with E-state index in [2.05, 4.69) is 9.97 Å². The number of carbonyl (C=O) groups is 1. The molecular weight excluding hydrogens is 472 g/mol. The van der Waals surface area contributed by atoms with Crippen LogP contribution in [-0.2, 0) is 10.0 Å². The molecule has 4 rings (SSSR count). The molecule has 2 N–H and O–H groups in total. The lowest BCUT2D eigenvalue weighted by Crippen LogP contribution is -2.18. The Kier molecular flexibility index (Phi) is 3.31. The van der Waals surface area contributed by atoms with Crippen LogP contribution >= 0.6 is 11.6 Å². The van der Waals surface area contributed by atoms with Gasteiger partial charge in [0.05, 0.1) is 23.8 Å². The largest absolute Gasteiger partial charge is 0.345 e. The smallest absolute Gasteiger partial charge is 0.232 e. The number of hydrogen-bond donors (Lipinski definition) is 2. The summed E-state index contributed by atoms with van der Waals surface area (Å²) in [6.07, 6.45) is -5.46. The van der Waals surface area contributed by atoms with Gasteiger partial charge in [0, 0.05) is 43.5 Å². The fourth-order valence-corrected chi connectivity index (χ4v) is 3.56. The molecule has 0 radical (unpaired) electrons. The van der Waals surface area contributed by atoms with Crippen molar-refractivity contribution in [1.29, 1.82) is 0 Å². The SMILES string of the molecule is [2H]c1nc2[nH]c([2H])c(C(=O)c3c(F)c([2H])c([2H])c(NS(=O)(=O)C([2H])([2H])C([2H])([2H])C([2H])([2H])[2H])c3F)c2c([2H])c1-c1ccc(Cl)cc1. The van der Waals surface area contributed by atoms with Gasteiger partial charge in [0.1, 0.15) is 11.5 Å². The third-order valence-electron chi connectivity index (χ3n) is 4.29. The zero-order valence-corrected chi connectivity index (χ0v) is 17.6. The highest BCUT2D eigenvalue weighted by molar-refractivity contribution is 7.92. The van der Waals surface area contributed by atoms with E-state index in [1.807, 2.05) is 0 Å². The van der Waals surface area contributed by atoms with Gasteiger partial charge >= 0.3 is 0 Å². The standard InChI is InChI=1S/C23H18ClF2N3O3S/c1-2-9-33(31,32)29-19-8-7-18(25)20(21(19)26)22(30)17-12-28-23-16(17)10-14(11-27-23)13-3-5-15(24)6-4-13/h3-8,10-12,29H,2,9H2,1H3,(H,27,28)/i1D3,2D2,7D,8D,9D2,10D,11D,12D. The van der Waals surface area contributed by atoms with Crippen LogP contribution in [0.4, 0.5) is 14.5 Å². The van der Waals surface area contributed by atoms with Crippen molar-refractivity contribution in [2.45, 2.75) is 13.2 Å². The predicted molar refractivity (Wildman–Crippen MR) is 124 cm³/mol. The Hall–Kier alpha value is -3.30. The lowest BCUT2D eigenvalue weighted by molar-refractivity contribution is 0.103. The molecule has 6 nitrogen and oxygen atoms in total. The quantitative estimate of drug-likeness (QED) is 0.325. The second-order valence-electron chi connectivity index (χ2n) is 6.37. The highest BCUT2D eigenvalue weighted by Crippen LogP contribution is 2.30. The summed E-state index contributed by atoms with van der Waals surface area (Å²) in [5, 5.41) is -0.184. The number of fused-ring (bicyclic) bond motifs is 1. The summed E-state index contributed by atoms with van der Waals surface area (Å²) in [5.41, 5.74) is -8.98. The monoisotopic (exact) mass is 501 g/mol. The second-order valence-corrected chi connectivity index (χ2v) is 8.22. The van der Waals surface area contributed by atoms with Crippen molar-refractivity contribution in [3.8, 4) is 11.1 Å². The van der Waals surface area contributed by atoms with E-state index in [0.717, 1.165) is 4.72 Å². The summed E-state index contributed by atoms with van der Waals surface area (Å²) >= 11 is 5.89. The summed E-state index contributed by atoms with van der Waals surface area (Å²) in [4.78, 5) is 19.9. The fourth-order valence-electron chi connectivity index (χ4n) is 2.84. The van der Waals surface area contributed by atoms with Crippen LogP contribution in [0.25, 0.3) is 22.2 Å². The summed E-state index contributed by atoms with van der Waals surface area (Å²) in [6.45, 7) is -3.87. The number of hydrogen-bond acceptors (Lipinski definition) is 4. The Morgan fingerprint density at radius 3 is 2.76 bits per heavy atom. The number of sulfonamides is 1. The molecule has 0 aliphatic rings. The molecule has 0 spiro atoms. The van der Waals surface area contributed by atoms with E-state index in [4.69, 9.17) is 28.1 Å². The Labute approximate surface area is 210 Å². The third-order valence-corrected chi connectivity index (χ3v) is 5.38. The zero-order valence-electron chi connectivity index (χ0n) is 28.0. The maximum atomic E-state index is 15.8. The first-order valence-corrected chi connectivity index (χ1v) is 10.6. The van der Waals surface area contributed by atoms with Crippen LogP contribution in [0.15, 0.2) is 54.7 Å². The van der Waals surface area contributed by atoms with E-state index in [1.54, 1.807) is 0 Å². The van der Waals surface area contributed by atoms with Crippen molar-refractivity contribution in [3.63, 3.8) is 0 Å². The van der Waals surface area contributed by atoms with Gasteiger partial charge in [0.15, 0.2) is 5.82 Å². The van der Waals surface area contributed by atoms with Gasteiger partial charge in [0.25, 0.3) is 0 Å². The molecule has 0 aliphatic heterocycles. The molecular formula is C23H18ClF2N3O3S. The van der Waals surface area contributed by atoms with Crippen LogP contribution in [0.5, 0.6) is 0 Å². The summed E-state index contributed by atoms with van der Waals surface area (Å²) in [5.74, 6) is -5.93. The minimum absolute atomic E-state index is 0.171. The van der Waals surface area contributed by atoms with Crippen molar-refractivity contribution >= 4 is 44.1 Å². The average Bonchev–Trinajstić information content (AvgIpc) is 3.25. The van der Waals surface area contributed by atoms with Gasteiger partial charge in [-0.25, -0.2) is 22.2 Å². The van der Waals surface area contributed by atoms with Crippen molar-refractivity contribution in [3.05, 3.63) is 82.5 Å². The lowest BCUT2D eigenvalue weighted by atomic mass is 10.00. The number of carbonyl (C=O) groups excluding carboxylic acids is 1. The van der Waals surface area contributed by atoms with Crippen LogP contribution in [0.3, 0.4) is 0 Å². The number of nitrogens with one attached hydrogen (secondary N) is 2. The van der Waals surface area contributed by atoms with E-state index >= 15 is 8.78 Å². The number of rotatable bonds is 7. The molecule has 0 saturated carbocycles. The number of anilines is 1. The van der Waals surface area contributed by atoms with Crippen molar-refractivity contribution in [2.75, 3.05) is 10.4 Å². The minimum Gasteiger partial charge on any atom is -0.345 e. The van der Waals surface area contributed by atoms with Crippen LogP contribution in [-0.4, -0.2) is 29.9 Å². The molecule has 0 unspecified atom stereocenters. The highest BCUT2D eigenvalue weighted by atomic mass is 35.5. The molecule has 0 amide bonds. The van der Waals surface area contributed by atoms with Crippen LogP contribution in [0, 0.1) is 11.6 Å². The van der Waals surface area contributed by atoms with E-state index in [0.29, 0.717) is 5.02 Å². The van der Waals surface area contributed by atoms with E-state index < -0.39 is 99.0 Å². The number of halogens is 3. The normalized spacial score (nSPS) is 18.2. The van der Waals surface area contributed by atoms with Gasteiger partial charge in [0.2, 0.25) is 15.8 Å². The first-order valence-electron chi connectivity index (χ1n) is 14.8. The first kappa shape index (κ1) is 12.2. The van der Waals surface area contributed by atoms with Gasteiger partial charge in [-0.1, -0.05) is 30.6 Å². The van der Waals surface area contributed by atoms with Crippen LogP contribution in [0.2, 0.25) is 5.02 Å². The van der Waals surface area contributed by atoms with Gasteiger partial charge in [-0.15, -0.1) is 0 Å². The number of nitrogens with zero attached hydrogens (tertiary/aromatic N) is 1. The number of aromatic amines is 1. The van der Waals surface area contributed by atoms with Crippen molar-refractivity contribution in [1.82, 2.24) is 9.97 Å². The molecule has 2 aromatic heterocycles. The van der Waals surface area contributed by atoms with Gasteiger partial charge in [-0.3, -0.25) is 9.52 Å². The van der Waals surface area contributed by atoms with Gasteiger partial charge in [-0.05, 0) is 42.2 Å². The van der Waals surface area contributed by atoms with Gasteiger partial charge < -0.3 is 4.98 Å². The zero-order chi connectivity index (χ0) is 34.2. The molecule has 0 bridgehead atoms. The van der Waals surface area contributed by atoms with E-state index in [1.165, 1.54) is 24.3 Å². The maximum Gasteiger partial charge on any atom is 0.232 e. The topological polar surface area (TPSA) is 91.9 Å². The number of pyridine rings is 1. The minimum atomic E-state index is -5.96. The summed E-state index contributed by atoms with van der Waals surface area (Å²) in [7, 11) is -5.96. The van der Waals surface area contributed by atoms with Crippen molar-refractivity contribution in [2.24, 2.45) is 0 Å².